The Morgan fingerprint density at radius 1 is 1.15 bits per heavy atom. The second kappa shape index (κ2) is 7.13. The third-order valence-electron chi connectivity index (χ3n) is 2.70. The van der Waals surface area contributed by atoms with Crippen LogP contribution < -0.4 is 15.4 Å². The molecule has 1 aromatic carbocycles. The molecule has 2 rings (SSSR count). The number of carbonyl (C=O) groups is 1. The van der Waals surface area contributed by atoms with E-state index in [1.165, 1.54) is 0 Å². The molecule has 0 aliphatic heterocycles. The lowest BCUT2D eigenvalue weighted by Gasteiger charge is -2.08. The number of benzene rings is 1. The number of amides is 1. The van der Waals surface area contributed by atoms with E-state index in [0.29, 0.717) is 18.2 Å². The first-order valence-electron chi connectivity index (χ1n) is 6.33. The number of nitrogens with zero attached hydrogens (tertiary/aromatic N) is 1. The molecule has 0 fully saturated rings. The van der Waals surface area contributed by atoms with Gasteiger partial charge in [0.25, 0.3) is 0 Å². The molecule has 0 saturated carbocycles. The van der Waals surface area contributed by atoms with E-state index < -0.39 is 0 Å². The minimum atomic E-state index is -0.0847. The van der Waals surface area contributed by atoms with Gasteiger partial charge in [0.1, 0.15) is 5.82 Å². The van der Waals surface area contributed by atoms with Crippen LogP contribution in [0.15, 0.2) is 48.5 Å². The number of carbonyl (C=O) groups excluding carboxylic acids is 1. The summed E-state index contributed by atoms with van der Waals surface area (Å²) in [5.41, 5.74) is 1.07. The monoisotopic (exact) mass is 271 g/mol. The molecule has 20 heavy (non-hydrogen) atoms. The maximum absolute atomic E-state index is 11.7. The van der Waals surface area contributed by atoms with Crippen molar-refractivity contribution in [3.8, 4) is 5.88 Å². The molecule has 104 valence electrons. The number of methoxy groups -OCH3 is 1. The Kier molecular flexibility index (Phi) is 4.94. The molecule has 0 saturated heterocycles. The predicted molar refractivity (Wildman–Crippen MR) is 77.6 cm³/mol. The van der Waals surface area contributed by atoms with E-state index in [1.807, 2.05) is 36.4 Å². The van der Waals surface area contributed by atoms with E-state index in [9.17, 15) is 4.79 Å². The summed E-state index contributed by atoms with van der Waals surface area (Å²) in [5.74, 6) is 1.04. The van der Waals surface area contributed by atoms with Crippen LogP contribution in [0.4, 0.5) is 5.82 Å². The van der Waals surface area contributed by atoms with Crippen molar-refractivity contribution < 1.29 is 9.53 Å². The lowest BCUT2D eigenvalue weighted by molar-refractivity contribution is -0.119. The summed E-state index contributed by atoms with van der Waals surface area (Å²) in [6.07, 6.45) is 0. The normalized spacial score (nSPS) is 9.85. The molecule has 0 spiro atoms. The summed E-state index contributed by atoms with van der Waals surface area (Å²) in [6.45, 7) is 0.694. The average Bonchev–Trinajstić information content (AvgIpc) is 2.52. The number of hydrogen-bond acceptors (Lipinski definition) is 4. The van der Waals surface area contributed by atoms with Gasteiger partial charge in [0.15, 0.2) is 0 Å². The first-order valence-corrected chi connectivity index (χ1v) is 6.33. The van der Waals surface area contributed by atoms with Crippen molar-refractivity contribution in [1.82, 2.24) is 10.3 Å². The third-order valence-corrected chi connectivity index (χ3v) is 2.70. The highest BCUT2D eigenvalue weighted by atomic mass is 16.5. The van der Waals surface area contributed by atoms with E-state index in [0.717, 1.165) is 5.56 Å². The van der Waals surface area contributed by atoms with Crippen molar-refractivity contribution in [1.29, 1.82) is 0 Å². The van der Waals surface area contributed by atoms with Gasteiger partial charge in [-0.15, -0.1) is 0 Å². The van der Waals surface area contributed by atoms with Crippen LogP contribution in [0, 0.1) is 0 Å². The first kappa shape index (κ1) is 13.9. The summed E-state index contributed by atoms with van der Waals surface area (Å²) in [4.78, 5) is 15.9. The van der Waals surface area contributed by atoms with Crippen molar-refractivity contribution in [2.24, 2.45) is 0 Å². The zero-order valence-electron chi connectivity index (χ0n) is 11.3. The topological polar surface area (TPSA) is 63.2 Å². The molecule has 0 bridgehead atoms. The Morgan fingerprint density at radius 2 is 1.95 bits per heavy atom. The van der Waals surface area contributed by atoms with Gasteiger partial charge < -0.3 is 15.4 Å². The van der Waals surface area contributed by atoms with Gasteiger partial charge in [0.2, 0.25) is 11.8 Å². The van der Waals surface area contributed by atoms with Crippen LogP contribution in [0.1, 0.15) is 5.56 Å². The van der Waals surface area contributed by atoms with E-state index in [2.05, 4.69) is 15.6 Å². The quantitative estimate of drug-likeness (QED) is 0.841. The van der Waals surface area contributed by atoms with Gasteiger partial charge in [-0.25, -0.2) is 0 Å². The standard InChI is InChI=1S/C15H17N3O2/c1-20-15-9-5-8-13(18-15)16-11-14(19)17-10-12-6-3-2-4-7-12/h2-9H,10-11H2,1H3,(H,16,18)(H,17,19). The van der Waals surface area contributed by atoms with Crippen LogP contribution in [0.3, 0.4) is 0 Å². The van der Waals surface area contributed by atoms with Gasteiger partial charge in [-0.1, -0.05) is 36.4 Å². The Hall–Kier alpha value is -2.56. The van der Waals surface area contributed by atoms with E-state index >= 15 is 0 Å². The van der Waals surface area contributed by atoms with Gasteiger partial charge in [-0.2, -0.15) is 4.98 Å². The minimum Gasteiger partial charge on any atom is -0.481 e. The lowest BCUT2D eigenvalue weighted by Crippen LogP contribution is -2.29. The fourth-order valence-corrected chi connectivity index (χ4v) is 1.66. The molecule has 0 aliphatic rings. The van der Waals surface area contributed by atoms with Crippen LogP contribution in [-0.4, -0.2) is 24.5 Å². The smallest absolute Gasteiger partial charge is 0.239 e. The molecule has 2 aromatic rings. The molecular weight excluding hydrogens is 254 g/mol. The van der Waals surface area contributed by atoms with Gasteiger partial charge in [0, 0.05) is 12.6 Å². The first-order chi connectivity index (χ1) is 9.78. The number of aromatic nitrogens is 1. The molecule has 0 aliphatic carbocycles. The van der Waals surface area contributed by atoms with Crippen molar-refractivity contribution in [2.45, 2.75) is 6.54 Å². The highest BCUT2D eigenvalue weighted by molar-refractivity contribution is 5.80. The Balaban J connectivity index is 1.77. The lowest BCUT2D eigenvalue weighted by atomic mass is 10.2. The number of hydrogen-bond donors (Lipinski definition) is 2. The molecule has 5 nitrogen and oxygen atoms in total. The maximum Gasteiger partial charge on any atom is 0.239 e. The van der Waals surface area contributed by atoms with Crippen molar-refractivity contribution >= 4 is 11.7 Å². The molecule has 2 N–H and O–H groups in total. The molecule has 1 amide bonds. The number of ether oxygens (including phenoxy) is 1. The van der Waals surface area contributed by atoms with Crippen LogP contribution in [0.2, 0.25) is 0 Å². The highest BCUT2D eigenvalue weighted by Gasteiger charge is 2.02. The molecule has 0 unspecified atom stereocenters. The van der Waals surface area contributed by atoms with Crippen molar-refractivity contribution in [2.75, 3.05) is 19.0 Å². The Labute approximate surface area is 118 Å². The number of nitrogens with one attached hydrogen (secondary N) is 2. The summed E-state index contributed by atoms with van der Waals surface area (Å²) < 4.78 is 5.02. The van der Waals surface area contributed by atoms with Crippen LogP contribution in [0.25, 0.3) is 0 Å². The molecular formula is C15H17N3O2. The largest absolute Gasteiger partial charge is 0.481 e. The van der Waals surface area contributed by atoms with Crippen LogP contribution in [-0.2, 0) is 11.3 Å². The zero-order chi connectivity index (χ0) is 14.2. The minimum absolute atomic E-state index is 0.0847. The Morgan fingerprint density at radius 3 is 2.70 bits per heavy atom. The third kappa shape index (κ3) is 4.28. The summed E-state index contributed by atoms with van der Waals surface area (Å²) in [6, 6.07) is 15.1. The second-order valence-electron chi connectivity index (χ2n) is 4.18. The molecule has 1 aromatic heterocycles. The average molecular weight is 271 g/mol. The van der Waals surface area contributed by atoms with Gasteiger partial charge in [-0.05, 0) is 11.6 Å². The molecule has 0 atom stereocenters. The van der Waals surface area contributed by atoms with Gasteiger partial charge in [0.05, 0.1) is 13.7 Å². The number of pyridine rings is 1. The fourth-order valence-electron chi connectivity index (χ4n) is 1.66. The highest BCUT2D eigenvalue weighted by Crippen LogP contribution is 2.09. The fraction of sp³-hybridized carbons (Fsp3) is 0.200. The Bertz CT molecular complexity index is 558. The van der Waals surface area contributed by atoms with Gasteiger partial charge >= 0.3 is 0 Å². The maximum atomic E-state index is 11.7. The summed E-state index contributed by atoms with van der Waals surface area (Å²) >= 11 is 0. The SMILES string of the molecule is COc1cccc(NCC(=O)NCc2ccccc2)n1. The van der Waals surface area contributed by atoms with Gasteiger partial charge in [-0.3, -0.25) is 4.79 Å². The summed E-state index contributed by atoms with van der Waals surface area (Å²) in [7, 11) is 1.55. The van der Waals surface area contributed by atoms with E-state index in [-0.39, 0.29) is 12.5 Å². The molecule has 5 heteroatoms. The summed E-state index contributed by atoms with van der Waals surface area (Å²) in [5, 5.41) is 5.79. The zero-order valence-corrected chi connectivity index (χ0v) is 11.3. The van der Waals surface area contributed by atoms with E-state index in [1.54, 1.807) is 19.2 Å². The van der Waals surface area contributed by atoms with Crippen molar-refractivity contribution in [3.63, 3.8) is 0 Å². The van der Waals surface area contributed by atoms with Crippen molar-refractivity contribution in [3.05, 3.63) is 54.1 Å². The number of anilines is 1. The van der Waals surface area contributed by atoms with E-state index in [4.69, 9.17) is 4.74 Å². The van der Waals surface area contributed by atoms with Crippen LogP contribution >= 0.6 is 0 Å². The molecule has 1 heterocycles. The van der Waals surface area contributed by atoms with Crippen LogP contribution in [0.5, 0.6) is 5.88 Å². The molecule has 0 radical (unpaired) electrons. The number of rotatable bonds is 6. The second-order valence-corrected chi connectivity index (χ2v) is 4.18. The predicted octanol–water partition coefficient (Wildman–Crippen LogP) is 1.82.